The summed E-state index contributed by atoms with van der Waals surface area (Å²) in [5.74, 6) is 0.0260. The van der Waals surface area contributed by atoms with E-state index >= 15 is 0 Å². The first-order valence-electron chi connectivity index (χ1n) is 5.16. The van der Waals surface area contributed by atoms with Crippen molar-refractivity contribution in [3.05, 3.63) is 33.3 Å². The maximum atomic E-state index is 10.9. The highest BCUT2D eigenvalue weighted by atomic mass is 35.5. The standard InChI is InChI=1S/C10H13ClN2O4S/c1-18(16,17)7-3-6-12-10-8(11)4-2-5-9(10)13(14)15/h2,4-5,12H,3,6-7H2,1H3. The predicted molar refractivity (Wildman–Crippen MR) is 70.9 cm³/mol. The van der Waals surface area contributed by atoms with Crippen LogP contribution in [0.3, 0.4) is 0 Å². The minimum atomic E-state index is -3.02. The van der Waals surface area contributed by atoms with Crippen molar-refractivity contribution in [3.8, 4) is 0 Å². The molecule has 0 fully saturated rings. The summed E-state index contributed by atoms with van der Waals surface area (Å²) in [6.45, 7) is 0.303. The second-order valence-electron chi connectivity index (χ2n) is 3.80. The number of hydrogen-bond donors (Lipinski definition) is 1. The molecule has 0 heterocycles. The van der Waals surface area contributed by atoms with Gasteiger partial charge in [-0.1, -0.05) is 17.7 Å². The number of rotatable bonds is 6. The third-order valence-corrected chi connectivity index (χ3v) is 3.53. The monoisotopic (exact) mass is 292 g/mol. The molecule has 0 unspecified atom stereocenters. The van der Waals surface area contributed by atoms with Crippen molar-refractivity contribution in [1.82, 2.24) is 0 Å². The van der Waals surface area contributed by atoms with Gasteiger partial charge in [0.2, 0.25) is 0 Å². The van der Waals surface area contributed by atoms with Crippen LogP contribution < -0.4 is 5.32 Å². The summed E-state index contributed by atoms with van der Waals surface area (Å²) in [4.78, 5) is 10.2. The van der Waals surface area contributed by atoms with Crippen LogP contribution in [0.4, 0.5) is 11.4 Å². The Hall–Kier alpha value is -1.34. The Balaban J connectivity index is 2.70. The van der Waals surface area contributed by atoms with Crippen molar-refractivity contribution < 1.29 is 13.3 Å². The van der Waals surface area contributed by atoms with Gasteiger partial charge in [-0.05, 0) is 12.5 Å². The number of halogens is 1. The van der Waals surface area contributed by atoms with Crippen LogP contribution in [-0.4, -0.2) is 31.9 Å². The molecule has 100 valence electrons. The summed E-state index contributed by atoms with van der Waals surface area (Å²) in [5.41, 5.74) is 0.0968. The summed E-state index contributed by atoms with van der Waals surface area (Å²) >= 11 is 5.86. The average Bonchev–Trinajstić information content (AvgIpc) is 2.24. The highest BCUT2D eigenvalue weighted by molar-refractivity contribution is 7.90. The van der Waals surface area contributed by atoms with Crippen LogP contribution >= 0.6 is 11.6 Å². The topological polar surface area (TPSA) is 89.3 Å². The number of nitro groups is 1. The fourth-order valence-corrected chi connectivity index (χ4v) is 2.29. The van der Waals surface area contributed by atoms with E-state index in [9.17, 15) is 18.5 Å². The zero-order valence-corrected chi connectivity index (χ0v) is 11.3. The number of nitrogens with one attached hydrogen (secondary N) is 1. The van der Waals surface area contributed by atoms with Gasteiger partial charge in [-0.25, -0.2) is 8.42 Å². The third kappa shape index (κ3) is 4.50. The summed E-state index contributed by atoms with van der Waals surface area (Å²) in [7, 11) is -3.02. The molecule has 0 aliphatic carbocycles. The summed E-state index contributed by atoms with van der Waals surface area (Å²) < 4.78 is 21.8. The second kappa shape index (κ2) is 6.01. The maximum absolute atomic E-state index is 10.9. The lowest BCUT2D eigenvalue weighted by Crippen LogP contribution is -2.10. The van der Waals surface area contributed by atoms with E-state index in [0.717, 1.165) is 6.26 Å². The van der Waals surface area contributed by atoms with Crippen molar-refractivity contribution in [3.63, 3.8) is 0 Å². The van der Waals surface area contributed by atoms with Crippen LogP contribution in [-0.2, 0) is 9.84 Å². The van der Waals surface area contributed by atoms with Crippen molar-refractivity contribution in [2.75, 3.05) is 23.9 Å². The summed E-state index contributed by atoms with van der Waals surface area (Å²) in [5, 5.41) is 13.8. The molecular weight excluding hydrogens is 280 g/mol. The number of sulfone groups is 1. The Morgan fingerprint density at radius 3 is 2.67 bits per heavy atom. The minimum absolute atomic E-state index is 0.0260. The molecule has 0 aliphatic heterocycles. The van der Waals surface area contributed by atoms with E-state index in [0.29, 0.717) is 13.0 Å². The smallest absolute Gasteiger partial charge is 0.293 e. The number of anilines is 1. The van der Waals surface area contributed by atoms with Gasteiger partial charge in [0, 0.05) is 18.9 Å². The molecule has 0 spiro atoms. The van der Waals surface area contributed by atoms with E-state index in [1.54, 1.807) is 0 Å². The molecule has 1 aromatic carbocycles. The Kier molecular flexibility index (Phi) is 4.92. The second-order valence-corrected chi connectivity index (χ2v) is 6.47. The van der Waals surface area contributed by atoms with Gasteiger partial charge in [-0.3, -0.25) is 10.1 Å². The molecule has 0 aliphatic rings. The zero-order valence-electron chi connectivity index (χ0n) is 9.72. The van der Waals surface area contributed by atoms with Crippen molar-refractivity contribution in [2.45, 2.75) is 6.42 Å². The zero-order chi connectivity index (χ0) is 13.8. The Morgan fingerprint density at radius 2 is 2.11 bits per heavy atom. The fourth-order valence-electron chi connectivity index (χ4n) is 1.39. The van der Waals surface area contributed by atoms with Gasteiger partial charge < -0.3 is 5.32 Å². The SMILES string of the molecule is CS(=O)(=O)CCCNc1c(Cl)cccc1[N+](=O)[O-]. The molecule has 0 aromatic heterocycles. The molecule has 0 radical (unpaired) electrons. The van der Waals surface area contributed by atoms with Crippen molar-refractivity contribution in [1.29, 1.82) is 0 Å². The van der Waals surface area contributed by atoms with Gasteiger partial charge in [-0.15, -0.1) is 0 Å². The van der Waals surface area contributed by atoms with E-state index in [1.165, 1.54) is 18.2 Å². The van der Waals surface area contributed by atoms with Gasteiger partial charge in [-0.2, -0.15) is 0 Å². The van der Waals surface area contributed by atoms with Crippen LogP contribution in [0.25, 0.3) is 0 Å². The van der Waals surface area contributed by atoms with Gasteiger partial charge in [0.15, 0.2) is 0 Å². The highest BCUT2D eigenvalue weighted by Gasteiger charge is 2.15. The highest BCUT2D eigenvalue weighted by Crippen LogP contribution is 2.31. The molecule has 0 saturated carbocycles. The first kappa shape index (κ1) is 14.7. The van der Waals surface area contributed by atoms with Gasteiger partial charge in [0.25, 0.3) is 5.69 Å². The first-order valence-corrected chi connectivity index (χ1v) is 7.59. The van der Waals surface area contributed by atoms with E-state index in [-0.39, 0.29) is 22.2 Å². The average molecular weight is 293 g/mol. The van der Waals surface area contributed by atoms with Crippen LogP contribution in [0.2, 0.25) is 5.02 Å². The van der Waals surface area contributed by atoms with E-state index < -0.39 is 14.8 Å². The van der Waals surface area contributed by atoms with Crippen LogP contribution in [0.5, 0.6) is 0 Å². The molecule has 0 bridgehead atoms. The molecule has 0 amide bonds. The quantitative estimate of drug-likeness (QED) is 0.492. The lowest BCUT2D eigenvalue weighted by atomic mass is 10.2. The first-order chi connectivity index (χ1) is 8.31. The lowest BCUT2D eigenvalue weighted by Gasteiger charge is -2.08. The Labute approximate surface area is 110 Å². The maximum Gasteiger partial charge on any atom is 0.293 e. The van der Waals surface area contributed by atoms with Gasteiger partial charge in [0.05, 0.1) is 15.7 Å². The molecule has 0 atom stereocenters. The number of hydrogen-bond acceptors (Lipinski definition) is 5. The summed E-state index contributed by atoms with van der Waals surface area (Å²) in [6.07, 6.45) is 1.51. The van der Waals surface area contributed by atoms with Gasteiger partial charge in [0.1, 0.15) is 15.5 Å². The number of nitrogens with zero attached hydrogens (tertiary/aromatic N) is 1. The third-order valence-electron chi connectivity index (χ3n) is 2.18. The molecule has 8 heteroatoms. The molecule has 0 saturated heterocycles. The molecular formula is C10H13ClN2O4S. The molecule has 18 heavy (non-hydrogen) atoms. The van der Waals surface area contributed by atoms with E-state index in [4.69, 9.17) is 11.6 Å². The largest absolute Gasteiger partial charge is 0.378 e. The van der Waals surface area contributed by atoms with Crippen LogP contribution in [0, 0.1) is 10.1 Å². The van der Waals surface area contributed by atoms with E-state index in [1.807, 2.05) is 0 Å². The molecule has 6 nitrogen and oxygen atoms in total. The Bertz CT molecular complexity index is 545. The van der Waals surface area contributed by atoms with Gasteiger partial charge >= 0.3 is 0 Å². The van der Waals surface area contributed by atoms with Crippen LogP contribution in [0.15, 0.2) is 18.2 Å². The lowest BCUT2D eigenvalue weighted by molar-refractivity contribution is -0.383. The van der Waals surface area contributed by atoms with Crippen LogP contribution in [0.1, 0.15) is 6.42 Å². The molecule has 1 N–H and O–H groups in total. The normalized spacial score (nSPS) is 11.2. The molecule has 1 aromatic rings. The van der Waals surface area contributed by atoms with Crippen molar-refractivity contribution in [2.24, 2.45) is 0 Å². The minimum Gasteiger partial charge on any atom is -0.378 e. The summed E-state index contributed by atoms with van der Waals surface area (Å²) in [6, 6.07) is 4.36. The molecule has 1 rings (SSSR count). The fraction of sp³-hybridized carbons (Fsp3) is 0.400. The van der Waals surface area contributed by atoms with E-state index in [2.05, 4.69) is 5.32 Å². The predicted octanol–water partition coefficient (Wildman–Crippen LogP) is 2.09. The number of para-hydroxylation sites is 1. The number of nitro benzene ring substituents is 1. The van der Waals surface area contributed by atoms with Crippen molar-refractivity contribution >= 4 is 32.8 Å². The number of benzene rings is 1. The Morgan fingerprint density at radius 1 is 1.44 bits per heavy atom.